The molecule has 1 amide bonds. The Morgan fingerprint density at radius 3 is 2.42 bits per heavy atom. The van der Waals surface area contributed by atoms with Gasteiger partial charge in [0.05, 0.1) is 14.2 Å². The Kier molecular flexibility index (Phi) is 5.63. The highest BCUT2D eigenvalue weighted by atomic mass is 16.5. The molecule has 0 spiro atoms. The van der Waals surface area contributed by atoms with Crippen molar-refractivity contribution in [2.24, 2.45) is 11.7 Å². The monoisotopic (exact) mass is 266 g/mol. The fourth-order valence-corrected chi connectivity index (χ4v) is 1.72. The van der Waals surface area contributed by atoms with Crippen molar-refractivity contribution in [2.45, 2.75) is 20.3 Å². The number of methoxy groups -OCH3 is 2. The molecule has 3 N–H and O–H groups in total. The maximum Gasteiger partial charge on any atom is 0.224 e. The molecule has 0 aromatic heterocycles. The first-order valence-corrected chi connectivity index (χ1v) is 6.24. The van der Waals surface area contributed by atoms with Crippen LogP contribution in [0.2, 0.25) is 0 Å². The molecule has 1 atom stereocenters. The van der Waals surface area contributed by atoms with Crippen LogP contribution in [0.25, 0.3) is 0 Å². The summed E-state index contributed by atoms with van der Waals surface area (Å²) in [7, 11) is 3.15. The number of nitrogens with one attached hydrogen (secondary N) is 1. The van der Waals surface area contributed by atoms with Gasteiger partial charge in [-0.3, -0.25) is 4.79 Å². The van der Waals surface area contributed by atoms with Gasteiger partial charge in [-0.15, -0.1) is 0 Å². The molecule has 0 saturated carbocycles. The van der Waals surface area contributed by atoms with Gasteiger partial charge in [0.25, 0.3) is 0 Å². The molecule has 0 heterocycles. The van der Waals surface area contributed by atoms with Crippen LogP contribution < -0.4 is 20.5 Å². The molecule has 1 unspecified atom stereocenters. The molecule has 0 saturated heterocycles. The van der Waals surface area contributed by atoms with Crippen LogP contribution in [-0.4, -0.2) is 26.7 Å². The molecule has 1 rings (SSSR count). The molecular formula is C14H22N2O3. The zero-order chi connectivity index (χ0) is 14.4. The number of carbonyl (C=O) groups excluding carboxylic acids is 1. The zero-order valence-electron chi connectivity index (χ0n) is 11.9. The maximum atomic E-state index is 11.8. The Morgan fingerprint density at radius 1 is 1.32 bits per heavy atom. The van der Waals surface area contributed by atoms with E-state index >= 15 is 0 Å². The molecule has 0 aliphatic heterocycles. The molecule has 0 bridgehead atoms. The fourth-order valence-electron chi connectivity index (χ4n) is 1.72. The van der Waals surface area contributed by atoms with Gasteiger partial charge in [0.1, 0.15) is 0 Å². The number of hydrogen-bond acceptors (Lipinski definition) is 4. The van der Waals surface area contributed by atoms with E-state index in [0.717, 1.165) is 11.3 Å². The molecule has 1 aromatic carbocycles. The topological polar surface area (TPSA) is 73.6 Å². The normalized spacial score (nSPS) is 11.8. The molecule has 1 aromatic rings. The summed E-state index contributed by atoms with van der Waals surface area (Å²) in [6.45, 7) is 4.35. The van der Waals surface area contributed by atoms with E-state index in [9.17, 15) is 4.79 Å². The predicted octanol–water partition coefficient (Wildman–Crippen LogP) is 1.94. The number of benzene rings is 1. The molecule has 5 heteroatoms. The molecule has 0 fully saturated rings. The second-order valence-corrected chi connectivity index (χ2v) is 4.62. The number of nitrogens with two attached hydrogens (primary N) is 1. The number of ether oxygens (including phenoxy) is 2. The molecular weight excluding hydrogens is 244 g/mol. The smallest absolute Gasteiger partial charge is 0.224 e. The minimum Gasteiger partial charge on any atom is -0.493 e. The van der Waals surface area contributed by atoms with Gasteiger partial charge in [0.2, 0.25) is 5.91 Å². The van der Waals surface area contributed by atoms with E-state index in [-0.39, 0.29) is 11.8 Å². The van der Waals surface area contributed by atoms with Crippen molar-refractivity contribution in [3.05, 3.63) is 17.7 Å². The van der Waals surface area contributed by atoms with Gasteiger partial charge in [-0.25, -0.2) is 0 Å². The second kappa shape index (κ2) is 6.99. The van der Waals surface area contributed by atoms with Crippen molar-refractivity contribution >= 4 is 11.6 Å². The van der Waals surface area contributed by atoms with E-state index < -0.39 is 0 Å². The van der Waals surface area contributed by atoms with Gasteiger partial charge in [-0.2, -0.15) is 0 Å². The Balaban J connectivity index is 2.86. The average Bonchev–Trinajstić information content (AvgIpc) is 2.40. The van der Waals surface area contributed by atoms with Crippen LogP contribution in [-0.2, 0) is 4.79 Å². The first kappa shape index (κ1) is 15.3. The summed E-state index contributed by atoms with van der Waals surface area (Å²) in [5.74, 6) is 1.36. The zero-order valence-corrected chi connectivity index (χ0v) is 11.9. The summed E-state index contributed by atoms with van der Waals surface area (Å²) < 4.78 is 10.4. The predicted molar refractivity (Wildman–Crippen MR) is 75.7 cm³/mol. The summed E-state index contributed by atoms with van der Waals surface area (Å²) in [5.41, 5.74) is 7.16. The highest BCUT2D eigenvalue weighted by Gasteiger charge is 2.12. The van der Waals surface area contributed by atoms with Crippen molar-refractivity contribution in [3.8, 4) is 11.5 Å². The van der Waals surface area contributed by atoms with Crippen molar-refractivity contribution in [3.63, 3.8) is 0 Å². The highest BCUT2D eigenvalue weighted by molar-refractivity contribution is 5.92. The van der Waals surface area contributed by atoms with Crippen LogP contribution in [0.5, 0.6) is 11.5 Å². The third kappa shape index (κ3) is 4.13. The number of hydrogen-bond donors (Lipinski definition) is 2. The largest absolute Gasteiger partial charge is 0.493 e. The van der Waals surface area contributed by atoms with Gasteiger partial charge >= 0.3 is 0 Å². The lowest BCUT2D eigenvalue weighted by Gasteiger charge is -2.14. The van der Waals surface area contributed by atoms with E-state index in [2.05, 4.69) is 5.32 Å². The third-order valence-corrected chi connectivity index (χ3v) is 2.94. The first-order chi connectivity index (χ1) is 9.01. The van der Waals surface area contributed by atoms with E-state index in [4.69, 9.17) is 15.2 Å². The number of carbonyl (C=O) groups is 1. The quantitative estimate of drug-likeness (QED) is 0.825. The van der Waals surface area contributed by atoms with Crippen molar-refractivity contribution in [2.75, 3.05) is 26.1 Å². The van der Waals surface area contributed by atoms with E-state index in [1.165, 1.54) is 0 Å². The Bertz CT molecular complexity index is 447. The fraction of sp³-hybridized carbons (Fsp3) is 0.500. The summed E-state index contributed by atoms with van der Waals surface area (Å²) in [6.07, 6.45) is 0.407. The minimum atomic E-state index is -0.0479. The van der Waals surface area contributed by atoms with Gasteiger partial charge in [-0.05, 0) is 31.0 Å². The van der Waals surface area contributed by atoms with E-state index in [0.29, 0.717) is 24.5 Å². The standard InChI is InChI=1S/C14H22N2O3/c1-9(8-15)5-14(17)16-11-7-13(19-4)12(18-3)6-10(11)2/h6-7,9H,5,8,15H2,1-4H3,(H,16,17). The Morgan fingerprint density at radius 2 is 1.89 bits per heavy atom. The molecule has 0 aliphatic rings. The molecule has 0 aliphatic carbocycles. The van der Waals surface area contributed by atoms with Gasteiger partial charge in [0, 0.05) is 18.2 Å². The van der Waals surface area contributed by atoms with Crippen LogP contribution in [0.15, 0.2) is 12.1 Å². The van der Waals surface area contributed by atoms with E-state index in [1.54, 1.807) is 20.3 Å². The molecule has 5 nitrogen and oxygen atoms in total. The van der Waals surface area contributed by atoms with Crippen molar-refractivity contribution < 1.29 is 14.3 Å². The van der Waals surface area contributed by atoms with Crippen LogP contribution in [0.4, 0.5) is 5.69 Å². The number of anilines is 1. The minimum absolute atomic E-state index is 0.0479. The Labute approximate surface area is 114 Å². The number of rotatable bonds is 6. The second-order valence-electron chi connectivity index (χ2n) is 4.62. The first-order valence-electron chi connectivity index (χ1n) is 6.24. The van der Waals surface area contributed by atoms with Crippen LogP contribution >= 0.6 is 0 Å². The number of aryl methyl sites for hydroxylation is 1. The number of amides is 1. The van der Waals surface area contributed by atoms with Gasteiger partial charge in [-0.1, -0.05) is 6.92 Å². The summed E-state index contributed by atoms with van der Waals surface area (Å²) >= 11 is 0. The molecule has 19 heavy (non-hydrogen) atoms. The summed E-state index contributed by atoms with van der Waals surface area (Å²) in [6, 6.07) is 3.60. The highest BCUT2D eigenvalue weighted by Crippen LogP contribution is 2.32. The average molecular weight is 266 g/mol. The van der Waals surface area contributed by atoms with E-state index in [1.807, 2.05) is 19.9 Å². The molecule has 106 valence electrons. The van der Waals surface area contributed by atoms with Crippen molar-refractivity contribution in [1.29, 1.82) is 0 Å². The van der Waals surface area contributed by atoms with Gasteiger partial charge in [0.15, 0.2) is 11.5 Å². The SMILES string of the molecule is COc1cc(C)c(NC(=O)CC(C)CN)cc1OC. The van der Waals surface area contributed by atoms with Crippen LogP contribution in [0.3, 0.4) is 0 Å². The molecule has 0 radical (unpaired) electrons. The third-order valence-electron chi connectivity index (χ3n) is 2.94. The lowest BCUT2D eigenvalue weighted by atomic mass is 10.1. The van der Waals surface area contributed by atoms with Crippen molar-refractivity contribution in [1.82, 2.24) is 0 Å². The van der Waals surface area contributed by atoms with Crippen LogP contribution in [0, 0.1) is 12.8 Å². The van der Waals surface area contributed by atoms with Gasteiger partial charge < -0.3 is 20.5 Å². The lowest BCUT2D eigenvalue weighted by Crippen LogP contribution is -2.20. The lowest BCUT2D eigenvalue weighted by molar-refractivity contribution is -0.116. The summed E-state index contributed by atoms with van der Waals surface area (Å²) in [5, 5.41) is 2.87. The maximum absolute atomic E-state index is 11.8. The summed E-state index contributed by atoms with van der Waals surface area (Å²) in [4.78, 5) is 11.8. The van der Waals surface area contributed by atoms with Crippen LogP contribution in [0.1, 0.15) is 18.9 Å². The Hall–Kier alpha value is -1.75.